The highest BCUT2D eigenvalue weighted by atomic mass is 19.4. The summed E-state index contributed by atoms with van der Waals surface area (Å²) in [7, 11) is 1.43. The van der Waals surface area contributed by atoms with Gasteiger partial charge in [0.2, 0.25) is 0 Å². The Kier molecular flexibility index (Phi) is 4.72. The molecule has 0 aliphatic rings. The van der Waals surface area contributed by atoms with E-state index in [4.69, 9.17) is 4.74 Å². The highest BCUT2D eigenvalue weighted by molar-refractivity contribution is 5.98. The van der Waals surface area contributed by atoms with Crippen molar-refractivity contribution < 1.29 is 27.4 Å². The van der Waals surface area contributed by atoms with Crippen LogP contribution in [0.1, 0.15) is 23.7 Å². The number of ketones is 1. The van der Waals surface area contributed by atoms with Gasteiger partial charge in [0.1, 0.15) is 5.75 Å². The van der Waals surface area contributed by atoms with Crippen molar-refractivity contribution in [1.82, 2.24) is 0 Å². The van der Waals surface area contributed by atoms with Crippen LogP contribution in [0.5, 0.6) is 5.75 Å². The third-order valence-corrected chi connectivity index (χ3v) is 2.29. The van der Waals surface area contributed by atoms with Crippen LogP contribution in [0.2, 0.25) is 0 Å². The highest BCUT2D eigenvalue weighted by Crippen LogP contribution is 2.27. The van der Waals surface area contributed by atoms with E-state index < -0.39 is 17.9 Å². The summed E-state index contributed by atoms with van der Waals surface area (Å²) in [5.41, 5.74) is -0.0984. The van der Waals surface area contributed by atoms with E-state index in [2.05, 4.69) is 4.74 Å². The summed E-state index contributed by atoms with van der Waals surface area (Å²) < 4.78 is 45.2. The number of ether oxygens (including phenoxy) is 2. The monoisotopic (exact) mass is 262 g/mol. The molecule has 0 N–H and O–H groups in total. The van der Waals surface area contributed by atoms with Crippen LogP contribution in [0.25, 0.3) is 0 Å². The van der Waals surface area contributed by atoms with Gasteiger partial charge in [-0.3, -0.25) is 4.79 Å². The zero-order chi connectivity index (χ0) is 13.8. The average molecular weight is 262 g/mol. The van der Waals surface area contributed by atoms with Gasteiger partial charge in [-0.2, -0.15) is 0 Å². The standard InChI is InChI=1S/C12H13F3O3/c1-8(17-2)7-10(16)9-5-3-4-6-11(9)18-12(13,14)15/h3-6,8H,7H2,1-2H3. The first kappa shape index (κ1) is 14.5. The number of hydrogen-bond acceptors (Lipinski definition) is 3. The summed E-state index contributed by atoms with van der Waals surface area (Å²) in [4.78, 5) is 11.8. The first-order chi connectivity index (χ1) is 8.33. The summed E-state index contributed by atoms with van der Waals surface area (Å²) in [5.74, 6) is -0.942. The average Bonchev–Trinajstić information content (AvgIpc) is 2.27. The summed E-state index contributed by atoms with van der Waals surface area (Å²) in [6.45, 7) is 1.66. The molecule has 0 aliphatic heterocycles. The van der Waals surface area contributed by atoms with Crippen molar-refractivity contribution in [2.75, 3.05) is 7.11 Å². The maximum atomic E-state index is 12.2. The molecule has 0 bridgehead atoms. The van der Waals surface area contributed by atoms with E-state index in [1.54, 1.807) is 6.92 Å². The van der Waals surface area contributed by atoms with E-state index in [1.165, 1.54) is 25.3 Å². The molecule has 0 amide bonds. The normalized spacial score (nSPS) is 13.2. The lowest BCUT2D eigenvalue weighted by Gasteiger charge is -2.13. The van der Waals surface area contributed by atoms with Gasteiger partial charge in [0.15, 0.2) is 5.78 Å². The molecule has 3 nitrogen and oxygen atoms in total. The van der Waals surface area contributed by atoms with Crippen molar-refractivity contribution in [1.29, 1.82) is 0 Å². The van der Waals surface area contributed by atoms with Crippen LogP contribution in [0.3, 0.4) is 0 Å². The predicted octanol–water partition coefficient (Wildman–Crippen LogP) is 3.19. The minimum Gasteiger partial charge on any atom is -0.405 e. The fourth-order valence-corrected chi connectivity index (χ4v) is 1.37. The number of alkyl halides is 3. The Morgan fingerprint density at radius 1 is 1.33 bits per heavy atom. The van der Waals surface area contributed by atoms with Crippen molar-refractivity contribution in [2.45, 2.75) is 25.8 Å². The van der Waals surface area contributed by atoms with E-state index in [-0.39, 0.29) is 18.1 Å². The van der Waals surface area contributed by atoms with Gasteiger partial charge in [0.25, 0.3) is 0 Å². The maximum absolute atomic E-state index is 12.2. The van der Waals surface area contributed by atoms with Crippen LogP contribution >= 0.6 is 0 Å². The Morgan fingerprint density at radius 3 is 2.50 bits per heavy atom. The summed E-state index contributed by atoms with van der Waals surface area (Å²) in [5, 5.41) is 0. The molecule has 0 radical (unpaired) electrons. The molecule has 1 rings (SSSR count). The zero-order valence-electron chi connectivity index (χ0n) is 9.95. The van der Waals surface area contributed by atoms with Crippen molar-refractivity contribution in [3.05, 3.63) is 29.8 Å². The second kappa shape index (κ2) is 5.86. The van der Waals surface area contributed by atoms with Crippen molar-refractivity contribution in [2.24, 2.45) is 0 Å². The van der Waals surface area contributed by atoms with E-state index >= 15 is 0 Å². The second-order valence-electron chi connectivity index (χ2n) is 3.72. The molecule has 0 saturated heterocycles. The number of benzene rings is 1. The number of carbonyl (C=O) groups excluding carboxylic acids is 1. The number of halogens is 3. The topological polar surface area (TPSA) is 35.5 Å². The Bertz CT molecular complexity index is 415. The lowest BCUT2D eigenvalue weighted by atomic mass is 10.0. The minimum atomic E-state index is -4.82. The molecule has 0 heterocycles. The smallest absolute Gasteiger partial charge is 0.405 e. The number of carbonyl (C=O) groups is 1. The SMILES string of the molecule is COC(C)CC(=O)c1ccccc1OC(F)(F)F. The third kappa shape index (κ3) is 4.37. The van der Waals surface area contributed by atoms with Crippen LogP contribution in [0, 0.1) is 0 Å². The number of hydrogen-bond donors (Lipinski definition) is 0. The zero-order valence-corrected chi connectivity index (χ0v) is 9.95. The maximum Gasteiger partial charge on any atom is 0.573 e. The number of Topliss-reactive ketones (excluding diaryl/α,β-unsaturated/α-hetero) is 1. The summed E-state index contributed by atoms with van der Waals surface area (Å²) >= 11 is 0. The lowest BCUT2D eigenvalue weighted by molar-refractivity contribution is -0.274. The van der Waals surface area contributed by atoms with E-state index in [1.807, 2.05) is 0 Å². The van der Waals surface area contributed by atoms with Crippen LogP contribution in [-0.4, -0.2) is 25.4 Å². The van der Waals surface area contributed by atoms with Crippen LogP contribution in [-0.2, 0) is 4.74 Å². The molecule has 6 heteroatoms. The van der Waals surface area contributed by atoms with Gasteiger partial charge in [-0.05, 0) is 19.1 Å². The molecule has 0 aliphatic carbocycles. The third-order valence-electron chi connectivity index (χ3n) is 2.29. The Hall–Kier alpha value is -1.56. The molecule has 1 unspecified atom stereocenters. The second-order valence-corrected chi connectivity index (χ2v) is 3.72. The molecule has 0 fully saturated rings. The number of methoxy groups -OCH3 is 1. The van der Waals surface area contributed by atoms with E-state index in [0.29, 0.717) is 0 Å². The van der Waals surface area contributed by atoms with Crippen LogP contribution < -0.4 is 4.74 Å². The van der Waals surface area contributed by atoms with E-state index in [0.717, 1.165) is 6.07 Å². The molecule has 100 valence electrons. The molecule has 1 aromatic carbocycles. The molecule has 1 aromatic rings. The number of rotatable bonds is 5. The van der Waals surface area contributed by atoms with Crippen molar-refractivity contribution in [3.63, 3.8) is 0 Å². The van der Waals surface area contributed by atoms with Gasteiger partial charge >= 0.3 is 6.36 Å². The highest BCUT2D eigenvalue weighted by Gasteiger charge is 2.32. The summed E-state index contributed by atoms with van der Waals surface area (Å²) in [6, 6.07) is 5.26. The van der Waals surface area contributed by atoms with Gasteiger partial charge in [0.05, 0.1) is 11.7 Å². The fourth-order valence-electron chi connectivity index (χ4n) is 1.37. The Morgan fingerprint density at radius 2 is 1.94 bits per heavy atom. The van der Waals surface area contributed by atoms with Gasteiger partial charge in [-0.1, -0.05) is 12.1 Å². The van der Waals surface area contributed by atoms with Crippen LogP contribution in [0.4, 0.5) is 13.2 Å². The Labute approximate surface area is 103 Å². The van der Waals surface area contributed by atoms with E-state index in [9.17, 15) is 18.0 Å². The predicted molar refractivity (Wildman–Crippen MR) is 58.5 cm³/mol. The fraction of sp³-hybridized carbons (Fsp3) is 0.417. The molecule has 1 atom stereocenters. The molecule has 0 spiro atoms. The first-order valence-electron chi connectivity index (χ1n) is 5.24. The van der Waals surface area contributed by atoms with Gasteiger partial charge in [0, 0.05) is 13.5 Å². The van der Waals surface area contributed by atoms with Gasteiger partial charge in [-0.15, -0.1) is 13.2 Å². The quantitative estimate of drug-likeness (QED) is 0.764. The van der Waals surface area contributed by atoms with Gasteiger partial charge in [-0.25, -0.2) is 0 Å². The number of para-hydroxylation sites is 1. The summed E-state index contributed by atoms with van der Waals surface area (Å²) in [6.07, 6.45) is -5.19. The Balaban J connectivity index is 2.91. The first-order valence-corrected chi connectivity index (χ1v) is 5.24. The van der Waals surface area contributed by atoms with Crippen molar-refractivity contribution in [3.8, 4) is 5.75 Å². The van der Waals surface area contributed by atoms with Gasteiger partial charge < -0.3 is 9.47 Å². The molecule has 0 aromatic heterocycles. The van der Waals surface area contributed by atoms with Crippen LogP contribution in [0.15, 0.2) is 24.3 Å². The minimum absolute atomic E-state index is 0.00523. The molecular formula is C12H13F3O3. The largest absolute Gasteiger partial charge is 0.573 e. The molecule has 0 saturated carbocycles. The molecule has 18 heavy (non-hydrogen) atoms. The molecular weight excluding hydrogens is 249 g/mol. The lowest BCUT2D eigenvalue weighted by Crippen LogP contribution is -2.20. The van der Waals surface area contributed by atoms with Crippen molar-refractivity contribution >= 4 is 5.78 Å².